The standard InChI is InChI=1S/C22H22N2O2S/c1-15-23-20(14-27-15)12-21(25)24-10-4-7-19(13-24)22(26)18-9-8-16-5-2-3-6-17(16)11-18/h2-3,5-6,8-9,11,14,19H,4,7,10,12-13H2,1H3. The molecule has 0 bridgehead atoms. The summed E-state index contributed by atoms with van der Waals surface area (Å²) in [6, 6.07) is 13.9. The van der Waals surface area contributed by atoms with Gasteiger partial charge in [-0.1, -0.05) is 36.4 Å². The highest BCUT2D eigenvalue weighted by molar-refractivity contribution is 7.09. The van der Waals surface area contributed by atoms with Crippen LogP contribution in [0.3, 0.4) is 0 Å². The lowest BCUT2D eigenvalue weighted by molar-refractivity contribution is -0.131. The quantitative estimate of drug-likeness (QED) is 0.637. The number of fused-ring (bicyclic) bond motifs is 1. The maximum absolute atomic E-state index is 13.0. The molecule has 0 N–H and O–H groups in total. The van der Waals surface area contributed by atoms with Crippen LogP contribution in [-0.2, 0) is 11.2 Å². The third-order valence-corrected chi connectivity index (χ3v) is 6.00. The van der Waals surface area contributed by atoms with Gasteiger partial charge in [0, 0.05) is 30.0 Å². The normalized spacial score (nSPS) is 17.2. The summed E-state index contributed by atoms with van der Waals surface area (Å²) < 4.78 is 0. The largest absolute Gasteiger partial charge is 0.342 e. The third kappa shape index (κ3) is 3.93. The fraction of sp³-hybridized carbons (Fsp3) is 0.318. The van der Waals surface area contributed by atoms with Gasteiger partial charge >= 0.3 is 0 Å². The first-order valence-corrected chi connectivity index (χ1v) is 10.2. The van der Waals surface area contributed by atoms with Crippen LogP contribution in [0.5, 0.6) is 0 Å². The summed E-state index contributed by atoms with van der Waals surface area (Å²) >= 11 is 1.56. The van der Waals surface area contributed by atoms with Gasteiger partial charge in [-0.05, 0) is 36.6 Å². The van der Waals surface area contributed by atoms with Crippen molar-refractivity contribution >= 4 is 33.8 Å². The number of hydrogen-bond acceptors (Lipinski definition) is 4. The Hall–Kier alpha value is -2.53. The van der Waals surface area contributed by atoms with Crippen LogP contribution in [0, 0.1) is 12.8 Å². The zero-order valence-corrected chi connectivity index (χ0v) is 16.2. The Bertz CT molecular complexity index is 995. The van der Waals surface area contributed by atoms with Crippen molar-refractivity contribution in [2.75, 3.05) is 13.1 Å². The topological polar surface area (TPSA) is 50.3 Å². The number of rotatable bonds is 4. The molecule has 1 aliphatic heterocycles. The van der Waals surface area contributed by atoms with E-state index in [1.54, 1.807) is 11.3 Å². The van der Waals surface area contributed by atoms with Crippen LogP contribution in [0.15, 0.2) is 47.8 Å². The predicted molar refractivity (Wildman–Crippen MR) is 108 cm³/mol. The van der Waals surface area contributed by atoms with Crippen LogP contribution >= 0.6 is 11.3 Å². The molecule has 0 aliphatic carbocycles. The first-order valence-electron chi connectivity index (χ1n) is 9.32. The zero-order valence-electron chi connectivity index (χ0n) is 15.4. The van der Waals surface area contributed by atoms with Crippen molar-refractivity contribution in [2.45, 2.75) is 26.2 Å². The fourth-order valence-corrected chi connectivity index (χ4v) is 4.36. The van der Waals surface area contributed by atoms with Gasteiger partial charge in [0.2, 0.25) is 5.91 Å². The molecule has 0 saturated carbocycles. The molecule has 1 amide bonds. The number of Topliss-reactive ketones (excluding diaryl/α,β-unsaturated/α-hetero) is 1. The predicted octanol–water partition coefficient (Wildman–Crippen LogP) is 4.27. The van der Waals surface area contributed by atoms with Gasteiger partial charge < -0.3 is 4.90 Å². The summed E-state index contributed by atoms with van der Waals surface area (Å²) in [5, 5.41) is 5.12. The van der Waals surface area contributed by atoms with Crippen molar-refractivity contribution in [1.29, 1.82) is 0 Å². The third-order valence-electron chi connectivity index (χ3n) is 5.18. The van der Waals surface area contributed by atoms with Gasteiger partial charge in [0.05, 0.1) is 17.1 Å². The lowest BCUT2D eigenvalue weighted by Crippen LogP contribution is -2.43. The second kappa shape index (κ2) is 7.61. The van der Waals surface area contributed by atoms with E-state index in [1.807, 2.05) is 59.7 Å². The Balaban J connectivity index is 1.46. The van der Waals surface area contributed by atoms with Crippen LogP contribution in [0.1, 0.15) is 33.9 Å². The molecule has 0 radical (unpaired) electrons. The Morgan fingerprint density at radius 3 is 2.78 bits per heavy atom. The number of thiazole rings is 1. The molecule has 2 heterocycles. The summed E-state index contributed by atoms with van der Waals surface area (Å²) in [5.41, 5.74) is 1.56. The Kier molecular flexibility index (Phi) is 5.03. The van der Waals surface area contributed by atoms with E-state index in [4.69, 9.17) is 0 Å². The van der Waals surface area contributed by atoms with E-state index in [9.17, 15) is 9.59 Å². The average molecular weight is 378 g/mol. The number of hydrogen-bond donors (Lipinski definition) is 0. The minimum absolute atomic E-state index is 0.0660. The highest BCUT2D eigenvalue weighted by Gasteiger charge is 2.29. The van der Waals surface area contributed by atoms with Crippen molar-refractivity contribution in [2.24, 2.45) is 5.92 Å². The molecular weight excluding hydrogens is 356 g/mol. The summed E-state index contributed by atoms with van der Waals surface area (Å²) in [7, 11) is 0. The van der Waals surface area contributed by atoms with Crippen molar-refractivity contribution in [3.8, 4) is 0 Å². The Morgan fingerprint density at radius 2 is 2.00 bits per heavy atom. The molecule has 1 atom stereocenters. The van der Waals surface area contributed by atoms with E-state index in [0.29, 0.717) is 13.0 Å². The highest BCUT2D eigenvalue weighted by Crippen LogP contribution is 2.24. The van der Waals surface area contributed by atoms with E-state index in [2.05, 4.69) is 4.98 Å². The number of piperidine rings is 1. The van der Waals surface area contributed by atoms with Crippen LogP contribution in [-0.4, -0.2) is 34.7 Å². The number of benzene rings is 2. The first kappa shape index (κ1) is 17.9. The van der Waals surface area contributed by atoms with E-state index in [-0.39, 0.29) is 17.6 Å². The van der Waals surface area contributed by atoms with Gasteiger partial charge in [-0.25, -0.2) is 4.98 Å². The minimum atomic E-state index is -0.124. The molecular formula is C22H22N2O2S. The molecule has 0 spiro atoms. The number of aromatic nitrogens is 1. The summed E-state index contributed by atoms with van der Waals surface area (Å²) in [5.74, 6) is 0.0834. The number of carbonyl (C=O) groups is 2. The maximum atomic E-state index is 13.0. The average Bonchev–Trinajstić information content (AvgIpc) is 3.11. The number of nitrogens with zero attached hydrogens (tertiary/aromatic N) is 2. The van der Waals surface area contributed by atoms with Gasteiger partial charge in [0.25, 0.3) is 0 Å². The number of ketones is 1. The van der Waals surface area contributed by atoms with Crippen molar-refractivity contribution in [1.82, 2.24) is 9.88 Å². The Labute approximate surface area is 162 Å². The van der Waals surface area contributed by atoms with Gasteiger partial charge in [0.15, 0.2) is 5.78 Å². The van der Waals surface area contributed by atoms with Gasteiger partial charge in [-0.15, -0.1) is 11.3 Å². The van der Waals surface area contributed by atoms with E-state index in [1.165, 1.54) is 0 Å². The van der Waals surface area contributed by atoms with Gasteiger partial charge in [-0.3, -0.25) is 9.59 Å². The molecule has 2 aromatic carbocycles. The monoisotopic (exact) mass is 378 g/mol. The lowest BCUT2D eigenvalue weighted by atomic mass is 9.89. The molecule has 1 aliphatic rings. The summed E-state index contributed by atoms with van der Waals surface area (Å²) in [4.78, 5) is 31.9. The lowest BCUT2D eigenvalue weighted by Gasteiger charge is -2.32. The zero-order chi connectivity index (χ0) is 18.8. The number of likely N-dealkylation sites (tertiary alicyclic amines) is 1. The molecule has 1 unspecified atom stereocenters. The van der Waals surface area contributed by atoms with Crippen LogP contribution in [0.2, 0.25) is 0 Å². The van der Waals surface area contributed by atoms with Crippen molar-refractivity contribution in [3.63, 3.8) is 0 Å². The number of carbonyl (C=O) groups excluding carboxylic acids is 2. The van der Waals surface area contributed by atoms with Crippen molar-refractivity contribution in [3.05, 3.63) is 64.1 Å². The Morgan fingerprint density at radius 1 is 1.19 bits per heavy atom. The smallest absolute Gasteiger partial charge is 0.228 e. The van der Waals surface area contributed by atoms with Gasteiger partial charge in [0.1, 0.15) is 0 Å². The molecule has 4 rings (SSSR count). The highest BCUT2D eigenvalue weighted by atomic mass is 32.1. The first-order chi connectivity index (χ1) is 13.1. The molecule has 1 saturated heterocycles. The van der Waals surface area contributed by atoms with E-state index in [0.717, 1.165) is 46.4 Å². The van der Waals surface area contributed by atoms with E-state index >= 15 is 0 Å². The molecule has 4 nitrogen and oxygen atoms in total. The molecule has 138 valence electrons. The van der Waals surface area contributed by atoms with E-state index < -0.39 is 0 Å². The molecule has 1 fully saturated rings. The number of aryl methyl sites for hydroxylation is 1. The summed E-state index contributed by atoms with van der Waals surface area (Å²) in [6.45, 7) is 3.18. The fourth-order valence-electron chi connectivity index (χ4n) is 3.75. The molecule has 27 heavy (non-hydrogen) atoms. The maximum Gasteiger partial charge on any atom is 0.228 e. The molecule has 5 heteroatoms. The van der Waals surface area contributed by atoms with Crippen LogP contribution in [0.25, 0.3) is 10.8 Å². The second-order valence-electron chi connectivity index (χ2n) is 7.14. The minimum Gasteiger partial charge on any atom is -0.342 e. The SMILES string of the molecule is Cc1nc(CC(=O)N2CCCC(C(=O)c3ccc4ccccc4c3)C2)cs1. The van der Waals surface area contributed by atoms with Crippen molar-refractivity contribution < 1.29 is 9.59 Å². The van der Waals surface area contributed by atoms with Gasteiger partial charge in [-0.2, -0.15) is 0 Å². The second-order valence-corrected chi connectivity index (χ2v) is 8.20. The van der Waals surface area contributed by atoms with Crippen LogP contribution in [0.4, 0.5) is 0 Å². The summed E-state index contributed by atoms with van der Waals surface area (Å²) in [6.07, 6.45) is 2.03. The molecule has 1 aromatic heterocycles. The van der Waals surface area contributed by atoms with Crippen LogP contribution < -0.4 is 0 Å². The molecule has 3 aromatic rings. The number of amides is 1.